The molecule has 2 rings (SSSR count). The molecule has 0 radical (unpaired) electrons. The number of hydrogen-bond acceptors (Lipinski definition) is 2. The van der Waals surface area contributed by atoms with E-state index in [1.807, 2.05) is 24.3 Å². The number of aromatic nitrogens is 2. The Hall–Kier alpha value is 0.0400. The van der Waals surface area contributed by atoms with Crippen LogP contribution in [0.4, 0.5) is 0 Å². The number of hydrogen-bond donors (Lipinski definition) is 1. The third-order valence-electron chi connectivity index (χ3n) is 1.43. The fraction of sp³-hybridized carbons (Fsp3) is 0. The number of benzene rings is 1. The van der Waals surface area contributed by atoms with Crippen LogP contribution in [0.5, 0.6) is 0 Å². The molecule has 1 heterocycles. The number of rotatable bonds is 0. The Kier molecular flexibility index (Phi) is 3.01. The molecule has 52 valence electrons. The molecule has 0 aliphatic rings. The zero-order valence-corrected chi connectivity index (χ0v) is 9.12. The zero-order chi connectivity index (χ0) is 6.97. The molecular formula is C7H7N2NaS. The van der Waals surface area contributed by atoms with Crippen LogP contribution in [0.2, 0.25) is 0 Å². The third-order valence-corrected chi connectivity index (χ3v) is 1.75. The maximum atomic E-state index is 4.16. The van der Waals surface area contributed by atoms with Gasteiger partial charge in [-0.3, -0.25) is 3.97 Å². The third kappa shape index (κ3) is 1.62. The number of imidazole rings is 1. The van der Waals surface area contributed by atoms with Crippen molar-refractivity contribution in [1.29, 1.82) is 0 Å². The smallest absolute Gasteiger partial charge is 1.00 e. The van der Waals surface area contributed by atoms with Crippen molar-refractivity contribution in [2.75, 3.05) is 0 Å². The van der Waals surface area contributed by atoms with E-state index >= 15 is 0 Å². The van der Waals surface area contributed by atoms with Crippen molar-refractivity contribution in [3.8, 4) is 0 Å². The molecule has 0 saturated carbocycles. The SMILES string of the molecule is Sn1cnc2ccccc21.[H-].[Na+]. The number of fused-ring (bicyclic) bond motifs is 1. The van der Waals surface area contributed by atoms with Crippen LogP contribution in [0.15, 0.2) is 30.6 Å². The van der Waals surface area contributed by atoms with Crippen molar-refractivity contribution >= 4 is 23.8 Å². The molecule has 0 saturated heterocycles. The molecule has 0 atom stereocenters. The van der Waals surface area contributed by atoms with E-state index in [0.717, 1.165) is 11.0 Å². The van der Waals surface area contributed by atoms with Crippen molar-refractivity contribution < 1.29 is 31.0 Å². The van der Waals surface area contributed by atoms with Gasteiger partial charge in [-0.25, -0.2) is 4.98 Å². The van der Waals surface area contributed by atoms with Crippen LogP contribution in [0.1, 0.15) is 1.43 Å². The molecule has 0 spiro atoms. The molecule has 1 aromatic carbocycles. The molecule has 11 heavy (non-hydrogen) atoms. The van der Waals surface area contributed by atoms with Crippen LogP contribution >= 0.6 is 12.8 Å². The second kappa shape index (κ2) is 3.63. The average Bonchev–Trinajstić information content (AvgIpc) is 2.34. The topological polar surface area (TPSA) is 17.8 Å². The van der Waals surface area contributed by atoms with Crippen LogP contribution < -0.4 is 29.6 Å². The van der Waals surface area contributed by atoms with Gasteiger partial charge >= 0.3 is 29.6 Å². The summed E-state index contributed by atoms with van der Waals surface area (Å²) in [5.74, 6) is 0. The van der Waals surface area contributed by atoms with Gasteiger partial charge in [-0.05, 0) is 12.1 Å². The molecule has 2 nitrogen and oxygen atoms in total. The van der Waals surface area contributed by atoms with E-state index in [0.29, 0.717) is 0 Å². The first kappa shape index (κ1) is 9.13. The molecule has 0 amide bonds. The predicted molar refractivity (Wildman–Crippen MR) is 45.2 cm³/mol. The summed E-state index contributed by atoms with van der Waals surface area (Å²) in [6, 6.07) is 7.87. The zero-order valence-electron chi connectivity index (χ0n) is 7.23. The van der Waals surface area contributed by atoms with Gasteiger partial charge in [0.25, 0.3) is 0 Å². The minimum Gasteiger partial charge on any atom is -1.00 e. The normalized spacial score (nSPS) is 9.55. The van der Waals surface area contributed by atoms with Crippen LogP contribution in [0.25, 0.3) is 11.0 Å². The number of para-hydroxylation sites is 2. The van der Waals surface area contributed by atoms with Crippen molar-refractivity contribution in [3.05, 3.63) is 30.6 Å². The minimum atomic E-state index is 0. The van der Waals surface area contributed by atoms with Gasteiger partial charge in [0.15, 0.2) is 0 Å². The van der Waals surface area contributed by atoms with Crippen LogP contribution in [-0.2, 0) is 0 Å². The fourth-order valence-electron chi connectivity index (χ4n) is 0.946. The monoisotopic (exact) mass is 174 g/mol. The number of nitrogens with zero attached hydrogens (tertiary/aromatic N) is 2. The van der Waals surface area contributed by atoms with E-state index in [4.69, 9.17) is 0 Å². The van der Waals surface area contributed by atoms with Crippen LogP contribution in [0, 0.1) is 0 Å². The largest absolute Gasteiger partial charge is 1.00 e. The maximum Gasteiger partial charge on any atom is 1.00 e. The van der Waals surface area contributed by atoms with Crippen molar-refractivity contribution in [3.63, 3.8) is 0 Å². The summed E-state index contributed by atoms with van der Waals surface area (Å²) in [4.78, 5) is 4.10. The molecule has 1 aromatic heterocycles. The molecule has 0 fully saturated rings. The van der Waals surface area contributed by atoms with Gasteiger partial charge in [0, 0.05) is 0 Å². The Morgan fingerprint density at radius 3 is 2.82 bits per heavy atom. The molecular weight excluding hydrogens is 167 g/mol. The molecule has 4 heteroatoms. The second-order valence-corrected chi connectivity index (χ2v) is 2.51. The van der Waals surface area contributed by atoms with Gasteiger partial charge in [0.05, 0.1) is 11.0 Å². The first-order valence-electron chi connectivity index (χ1n) is 2.99. The van der Waals surface area contributed by atoms with Crippen molar-refractivity contribution in [2.24, 2.45) is 0 Å². The van der Waals surface area contributed by atoms with E-state index in [2.05, 4.69) is 17.8 Å². The van der Waals surface area contributed by atoms with Crippen molar-refractivity contribution in [2.45, 2.75) is 0 Å². The summed E-state index contributed by atoms with van der Waals surface area (Å²) >= 11 is 4.16. The molecule has 0 aliphatic carbocycles. The Morgan fingerprint density at radius 2 is 2.09 bits per heavy atom. The summed E-state index contributed by atoms with van der Waals surface area (Å²) in [5, 5.41) is 0. The minimum absolute atomic E-state index is 0. The van der Waals surface area contributed by atoms with Crippen LogP contribution in [0.3, 0.4) is 0 Å². The van der Waals surface area contributed by atoms with E-state index < -0.39 is 0 Å². The maximum absolute atomic E-state index is 4.16. The van der Waals surface area contributed by atoms with Gasteiger partial charge in [0.2, 0.25) is 0 Å². The molecule has 0 aliphatic heterocycles. The fourth-order valence-corrected chi connectivity index (χ4v) is 1.17. The Balaban J connectivity index is 0.000000605. The Labute approximate surface area is 93.9 Å². The molecule has 0 bridgehead atoms. The van der Waals surface area contributed by atoms with Crippen molar-refractivity contribution in [1.82, 2.24) is 8.96 Å². The molecule has 2 aromatic rings. The first-order valence-corrected chi connectivity index (χ1v) is 3.39. The summed E-state index contributed by atoms with van der Waals surface area (Å²) in [6.07, 6.45) is 1.69. The van der Waals surface area contributed by atoms with E-state index in [-0.39, 0.29) is 31.0 Å². The first-order chi connectivity index (χ1) is 4.88. The Bertz CT molecular complexity index is 363. The molecule has 0 unspecified atom stereocenters. The Morgan fingerprint density at radius 1 is 1.36 bits per heavy atom. The van der Waals surface area contributed by atoms with E-state index in [1.54, 1.807) is 10.3 Å². The van der Waals surface area contributed by atoms with E-state index in [1.165, 1.54) is 0 Å². The number of thiol groups is 1. The summed E-state index contributed by atoms with van der Waals surface area (Å²) in [7, 11) is 0. The standard InChI is InChI=1S/C7H6N2S.Na.H/c10-9-5-8-6-3-1-2-4-7(6)9;;/h1-5,10H;;/q;+1;-1. The quantitative estimate of drug-likeness (QED) is 0.394. The van der Waals surface area contributed by atoms with Crippen LogP contribution in [-0.4, -0.2) is 8.96 Å². The summed E-state index contributed by atoms with van der Waals surface area (Å²) in [5.41, 5.74) is 2.03. The second-order valence-electron chi connectivity index (χ2n) is 2.08. The van der Waals surface area contributed by atoms with Gasteiger partial charge in [-0.15, -0.1) is 0 Å². The predicted octanol–water partition coefficient (Wildman–Crippen LogP) is -1.15. The van der Waals surface area contributed by atoms with Gasteiger partial charge in [0.1, 0.15) is 6.33 Å². The average molecular weight is 174 g/mol. The molecule has 0 N–H and O–H groups in total. The van der Waals surface area contributed by atoms with Gasteiger partial charge in [-0.1, -0.05) is 24.9 Å². The van der Waals surface area contributed by atoms with Gasteiger partial charge < -0.3 is 1.43 Å². The summed E-state index contributed by atoms with van der Waals surface area (Å²) < 4.78 is 1.70. The summed E-state index contributed by atoms with van der Waals surface area (Å²) in [6.45, 7) is 0. The van der Waals surface area contributed by atoms with E-state index in [9.17, 15) is 0 Å². The van der Waals surface area contributed by atoms with Gasteiger partial charge in [-0.2, -0.15) is 0 Å².